The summed E-state index contributed by atoms with van der Waals surface area (Å²) in [5.74, 6) is 0.178. The molecule has 2 atom stereocenters. The second kappa shape index (κ2) is 11.5. The Morgan fingerprint density at radius 2 is 1.92 bits per heavy atom. The lowest BCUT2D eigenvalue weighted by Gasteiger charge is -2.34. The smallest absolute Gasteiger partial charge is 0.323 e. The molecule has 36 heavy (non-hydrogen) atoms. The van der Waals surface area contributed by atoms with E-state index in [0.717, 1.165) is 18.4 Å². The molecule has 8 nitrogen and oxygen atoms in total. The molecule has 2 aromatic rings. The maximum absolute atomic E-state index is 14.6. The molecule has 4 rings (SSSR count). The Morgan fingerprint density at radius 1 is 1.11 bits per heavy atom. The van der Waals surface area contributed by atoms with Gasteiger partial charge in [0.15, 0.2) is 0 Å². The van der Waals surface area contributed by atoms with E-state index in [1.54, 1.807) is 51.5 Å². The molecular formula is C27H32FN3O5. The molecule has 0 N–H and O–H groups in total. The summed E-state index contributed by atoms with van der Waals surface area (Å²) in [6, 6.07) is 10.8. The highest BCUT2D eigenvalue weighted by Gasteiger charge is 2.38. The number of likely N-dealkylation sites (tertiary alicyclic amines) is 1. The van der Waals surface area contributed by atoms with Gasteiger partial charge in [-0.15, -0.1) is 0 Å². The number of hydrogen-bond acceptors (Lipinski definition) is 7. The Bertz CT molecular complexity index is 1140. The molecule has 2 aliphatic rings. The van der Waals surface area contributed by atoms with Crippen LogP contribution in [0.1, 0.15) is 49.8 Å². The summed E-state index contributed by atoms with van der Waals surface area (Å²) in [5, 5.41) is 6.00. The molecule has 2 aromatic carbocycles. The number of carbonyl (C=O) groups is 2. The molecule has 0 aromatic heterocycles. The molecule has 0 radical (unpaired) electrons. The molecule has 0 saturated carbocycles. The average molecular weight is 498 g/mol. The number of halogens is 1. The van der Waals surface area contributed by atoms with E-state index in [4.69, 9.17) is 14.2 Å². The third-order valence-electron chi connectivity index (χ3n) is 6.66. The Labute approximate surface area is 210 Å². The van der Waals surface area contributed by atoms with Crippen molar-refractivity contribution in [1.82, 2.24) is 9.91 Å². The number of benzene rings is 2. The van der Waals surface area contributed by atoms with E-state index >= 15 is 0 Å². The minimum absolute atomic E-state index is 0.00645. The van der Waals surface area contributed by atoms with E-state index < -0.39 is 17.9 Å². The Kier molecular flexibility index (Phi) is 8.20. The van der Waals surface area contributed by atoms with Gasteiger partial charge in [0.05, 0.1) is 39.1 Å². The minimum Gasteiger partial charge on any atom is -0.497 e. The van der Waals surface area contributed by atoms with Crippen molar-refractivity contribution in [1.29, 1.82) is 0 Å². The number of ether oxygens (including phenoxy) is 3. The molecule has 1 amide bonds. The van der Waals surface area contributed by atoms with E-state index in [1.165, 1.54) is 11.1 Å². The van der Waals surface area contributed by atoms with Crippen molar-refractivity contribution in [3.63, 3.8) is 0 Å². The molecule has 192 valence electrons. The first-order chi connectivity index (χ1) is 17.5. The highest BCUT2D eigenvalue weighted by Crippen LogP contribution is 2.39. The van der Waals surface area contributed by atoms with Crippen LogP contribution in [0, 0.1) is 5.82 Å². The van der Waals surface area contributed by atoms with Gasteiger partial charge in [-0.05, 0) is 44.5 Å². The molecule has 1 fully saturated rings. The van der Waals surface area contributed by atoms with Gasteiger partial charge in [0.2, 0.25) is 0 Å². The van der Waals surface area contributed by atoms with Crippen molar-refractivity contribution in [2.24, 2.45) is 5.10 Å². The summed E-state index contributed by atoms with van der Waals surface area (Å²) in [7, 11) is 3.12. The highest BCUT2D eigenvalue weighted by atomic mass is 19.1. The lowest BCUT2D eigenvalue weighted by Crippen LogP contribution is -2.49. The zero-order chi connectivity index (χ0) is 25.7. The fraction of sp³-hybridized carbons (Fsp3) is 0.444. The molecule has 0 aliphatic carbocycles. The van der Waals surface area contributed by atoms with Crippen molar-refractivity contribution < 1.29 is 28.2 Å². The normalized spacial score (nSPS) is 20.1. The largest absolute Gasteiger partial charge is 0.497 e. The van der Waals surface area contributed by atoms with E-state index in [1.807, 2.05) is 11.0 Å². The zero-order valence-electron chi connectivity index (χ0n) is 20.9. The number of esters is 1. The van der Waals surface area contributed by atoms with Crippen LogP contribution in [0.15, 0.2) is 47.6 Å². The molecule has 2 aliphatic heterocycles. The molecule has 0 unspecified atom stereocenters. The zero-order valence-corrected chi connectivity index (χ0v) is 20.9. The van der Waals surface area contributed by atoms with Crippen LogP contribution in [-0.4, -0.2) is 67.5 Å². The van der Waals surface area contributed by atoms with Gasteiger partial charge in [0.1, 0.15) is 23.4 Å². The average Bonchev–Trinajstić information content (AvgIpc) is 3.34. The summed E-state index contributed by atoms with van der Waals surface area (Å²) in [6.45, 7) is 2.68. The summed E-state index contributed by atoms with van der Waals surface area (Å²) in [5.41, 5.74) is 1.57. The van der Waals surface area contributed by atoms with E-state index in [-0.39, 0.29) is 18.4 Å². The molecule has 9 heteroatoms. The van der Waals surface area contributed by atoms with Crippen LogP contribution >= 0.6 is 0 Å². The van der Waals surface area contributed by atoms with Crippen LogP contribution in [0.3, 0.4) is 0 Å². The van der Waals surface area contributed by atoms with E-state index in [0.29, 0.717) is 48.8 Å². The number of methoxy groups -OCH3 is 2. The fourth-order valence-corrected chi connectivity index (χ4v) is 4.87. The van der Waals surface area contributed by atoms with Gasteiger partial charge in [0, 0.05) is 23.6 Å². The number of hydrazone groups is 1. The standard InChI is InChI=1S/C27H32FN3O5/c1-4-36-27(33)23-11-7-8-14-30(23)17-26(32)31-24(20-13-12-18(34-2)15-25(20)35-3)16-22(29-31)19-9-5-6-10-21(19)28/h5-6,9-10,12-13,15,23-24H,4,7-8,11,14,16-17H2,1-3H3/t23-,24-/m1/s1. The van der Waals surface area contributed by atoms with Gasteiger partial charge in [-0.25, -0.2) is 9.40 Å². The van der Waals surface area contributed by atoms with Crippen molar-refractivity contribution in [2.45, 2.75) is 44.7 Å². The van der Waals surface area contributed by atoms with Gasteiger partial charge in [-0.3, -0.25) is 14.5 Å². The summed E-state index contributed by atoms with van der Waals surface area (Å²) in [6.07, 6.45) is 2.75. The third-order valence-corrected chi connectivity index (χ3v) is 6.66. The van der Waals surface area contributed by atoms with E-state index in [9.17, 15) is 14.0 Å². The predicted molar refractivity (Wildman–Crippen MR) is 133 cm³/mol. The van der Waals surface area contributed by atoms with Crippen LogP contribution in [0.5, 0.6) is 11.5 Å². The van der Waals surface area contributed by atoms with Gasteiger partial charge in [0.25, 0.3) is 5.91 Å². The predicted octanol–water partition coefficient (Wildman–Crippen LogP) is 3.94. The Hall–Kier alpha value is -3.46. The molecule has 2 heterocycles. The van der Waals surface area contributed by atoms with Crippen molar-refractivity contribution >= 4 is 17.6 Å². The first-order valence-corrected chi connectivity index (χ1v) is 12.2. The lowest BCUT2D eigenvalue weighted by molar-refractivity contribution is -0.152. The van der Waals surface area contributed by atoms with E-state index in [2.05, 4.69) is 5.10 Å². The second-order valence-corrected chi connectivity index (χ2v) is 8.83. The summed E-state index contributed by atoms with van der Waals surface area (Å²) >= 11 is 0. The number of amides is 1. The van der Waals surface area contributed by atoms with Crippen LogP contribution in [0.4, 0.5) is 4.39 Å². The number of carbonyl (C=O) groups excluding carboxylic acids is 2. The van der Waals surface area contributed by atoms with Gasteiger partial charge >= 0.3 is 5.97 Å². The monoisotopic (exact) mass is 497 g/mol. The molecule has 0 spiro atoms. The van der Waals surface area contributed by atoms with Crippen molar-refractivity contribution in [3.05, 3.63) is 59.4 Å². The maximum Gasteiger partial charge on any atom is 0.323 e. The second-order valence-electron chi connectivity index (χ2n) is 8.83. The van der Waals surface area contributed by atoms with Gasteiger partial charge in [-0.2, -0.15) is 5.10 Å². The van der Waals surface area contributed by atoms with Gasteiger partial charge in [-0.1, -0.05) is 24.6 Å². The number of piperidine rings is 1. The van der Waals surface area contributed by atoms with Crippen LogP contribution < -0.4 is 9.47 Å². The third kappa shape index (κ3) is 5.36. The minimum atomic E-state index is -0.501. The van der Waals surface area contributed by atoms with Crippen LogP contribution in [0.2, 0.25) is 0 Å². The van der Waals surface area contributed by atoms with Crippen LogP contribution in [0.25, 0.3) is 0 Å². The van der Waals surface area contributed by atoms with Crippen LogP contribution in [-0.2, 0) is 14.3 Å². The number of rotatable bonds is 8. The first kappa shape index (κ1) is 25.6. The summed E-state index contributed by atoms with van der Waals surface area (Å²) in [4.78, 5) is 28.1. The topological polar surface area (TPSA) is 80.7 Å². The summed E-state index contributed by atoms with van der Waals surface area (Å²) < 4.78 is 30.8. The number of hydrogen-bond donors (Lipinski definition) is 0. The lowest BCUT2D eigenvalue weighted by atomic mass is 9.97. The molecule has 0 bridgehead atoms. The van der Waals surface area contributed by atoms with Crippen molar-refractivity contribution in [3.8, 4) is 11.5 Å². The SMILES string of the molecule is CCOC(=O)[C@H]1CCCCN1CC(=O)N1N=C(c2ccccc2F)C[C@@H]1c1ccc(OC)cc1OC. The molecular weight excluding hydrogens is 465 g/mol. The van der Waals surface area contributed by atoms with Crippen molar-refractivity contribution in [2.75, 3.05) is 33.9 Å². The Morgan fingerprint density at radius 3 is 2.64 bits per heavy atom. The highest BCUT2D eigenvalue weighted by molar-refractivity contribution is 6.03. The number of nitrogens with zero attached hydrogens (tertiary/aromatic N) is 3. The quantitative estimate of drug-likeness (QED) is 0.514. The molecule has 1 saturated heterocycles. The maximum atomic E-state index is 14.6. The van der Waals surface area contributed by atoms with Gasteiger partial charge < -0.3 is 14.2 Å². The Balaban J connectivity index is 1.66. The first-order valence-electron chi connectivity index (χ1n) is 12.2. The fourth-order valence-electron chi connectivity index (χ4n) is 4.87.